The number of anilines is 1. The fourth-order valence-electron chi connectivity index (χ4n) is 4.12. The van der Waals surface area contributed by atoms with Crippen LogP contribution in [0.25, 0.3) is 17.0 Å². The van der Waals surface area contributed by atoms with E-state index < -0.39 is 17.3 Å². The van der Waals surface area contributed by atoms with Crippen molar-refractivity contribution in [3.05, 3.63) is 70.2 Å². The summed E-state index contributed by atoms with van der Waals surface area (Å²) in [6.45, 7) is 3.56. The summed E-state index contributed by atoms with van der Waals surface area (Å²) in [6.07, 6.45) is 4.65. The average molecular weight is 508 g/mol. The number of hydrogen-bond acceptors (Lipinski definition) is 7. The van der Waals surface area contributed by atoms with Gasteiger partial charge in [0.2, 0.25) is 5.91 Å². The number of fused-ring (bicyclic) bond motifs is 2. The number of pyridine rings is 2. The number of carbonyl (C=O) groups is 2. The fourth-order valence-corrected chi connectivity index (χ4v) is 4.48. The largest absolute Gasteiger partial charge is 0.330 e. The van der Waals surface area contributed by atoms with Crippen LogP contribution >= 0.6 is 11.8 Å². The zero-order valence-electron chi connectivity index (χ0n) is 19.7. The molecule has 0 bridgehead atoms. The van der Waals surface area contributed by atoms with E-state index in [1.807, 2.05) is 26.2 Å². The molecule has 0 spiro atoms. The van der Waals surface area contributed by atoms with Crippen LogP contribution in [0.4, 0.5) is 10.2 Å². The molecule has 0 fully saturated rings. The zero-order chi connectivity index (χ0) is 25.6. The molecule has 1 aliphatic heterocycles. The van der Waals surface area contributed by atoms with E-state index in [0.29, 0.717) is 11.4 Å². The maximum Gasteiger partial charge on any atom is 0.280 e. The van der Waals surface area contributed by atoms with Gasteiger partial charge in [-0.3, -0.25) is 19.4 Å². The smallest absolute Gasteiger partial charge is 0.280 e. The van der Waals surface area contributed by atoms with Gasteiger partial charge in [0.15, 0.2) is 0 Å². The first kappa shape index (κ1) is 23.7. The number of hydrogen-bond donors (Lipinski definition) is 1. The molecule has 36 heavy (non-hydrogen) atoms. The van der Waals surface area contributed by atoms with Crippen LogP contribution < -0.4 is 10.9 Å². The van der Waals surface area contributed by atoms with Crippen LogP contribution in [0, 0.1) is 5.82 Å². The van der Waals surface area contributed by atoms with Crippen molar-refractivity contribution in [3.8, 4) is 11.4 Å². The SMILES string of the molecule is CSc1ccc(-c2cc3n(CC(=O)Nc4ccc(F)cn4)c4c(c(=O)n3n2)CN(C(C)C)C4=O)nc1. The summed E-state index contributed by atoms with van der Waals surface area (Å²) in [6, 6.07) is 7.71. The Morgan fingerprint density at radius 1 is 1.14 bits per heavy atom. The summed E-state index contributed by atoms with van der Waals surface area (Å²) in [7, 11) is 0. The lowest BCUT2D eigenvalue weighted by molar-refractivity contribution is -0.116. The lowest BCUT2D eigenvalue weighted by Crippen LogP contribution is -2.32. The highest BCUT2D eigenvalue weighted by Crippen LogP contribution is 2.26. The van der Waals surface area contributed by atoms with Gasteiger partial charge in [0.25, 0.3) is 11.5 Å². The van der Waals surface area contributed by atoms with Crippen LogP contribution in [-0.4, -0.2) is 53.2 Å². The second-order valence-electron chi connectivity index (χ2n) is 8.54. The summed E-state index contributed by atoms with van der Waals surface area (Å²) in [4.78, 5) is 50.5. The average Bonchev–Trinajstić information content (AvgIpc) is 3.46. The van der Waals surface area contributed by atoms with Crippen molar-refractivity contribution in [3.63, 3.8) is 0 Å². The van der Waals surface area contributed by atoms with Crippen molar-refractivity contribution in [1.29, 1.82) is 0 Å². The van der Waals surface area contributed by atoms with Gasteiger partial charge in [-0.1, -0.05) is 0 Å². The number of amides is 2. The molecule has 5 heterocycles. The Labute approximate surface area is 209 Å². The van der Waals surface area contributed by atoms with Gasteiger partial charge < -0.3 is 14.8 Å². The third-order valence-electron chi connectivity index (χ3n) is 5.92. The number of rotatable bonds is 6. The van der Waals surface area contributed by atoms with Gasteiger partial charge in [0.05, 0.1) is 24.0 Å². The second-order valence-corrected chi connectivity index (χ2v) is 9.42. The van der Waals surface area contributed by atoms with E-state index in [4.69, 9.17) is 0 Å². The molecule has 4 aromatic rings. The van der Waals surface area contributed by atoms with Crippen LogP contribution in [0.15, 0.2) is 52.4 Å². The Hall–Kier alpha value is -4.06. The van der Waals surface area contributed by atoms with E-state index in [9.17, 15) is 18.8 Å². The van der Waals surface area contributed by atoms with Gasteiger partial charge in [-0.2, -0.15) is 9.61 Å². The summed E-state index contributed by atoms with van der Waals surface area (Å²) < 4.78 is 15.9. The highest BCUT2D eigenvalue weighted by atomic mass is 32.2. The van der Waals surface area contributed by atoms with Crippen molar-refractivity contribution < 1.29 is 14.0 Å². The zero-order valence-corrected chi connectivity index (χ0v) is 20.5. The van der Waals surface area contributed by atoms with E-state index in [2.05, 4.69) is 20.4 Å². The van der Waals surface area contributed by atoms with Crippen molar-refractivity contribution >= 4 is 35.0 Å². The minimum atomic E-state index is -0.529. The van der Waals surface area contributed by atoms with Crippen LogP contribution in [0.5, 0.6) is 0 Å². The van der Waals surface area contributed by atoms with Gasteiger partial charge in [0.1, 0.15) is 35.2 Å². The predicted molar refractivity (Wildman–Crippen MR) is 132 cm³/mol. The van der Waals surface area contributed by atoms with Gasteiger partial charge in [0, 0.05) is 23.2 Å². The van der Waals surface area contributed by atoms with Gasteiger partial charge in [-0.25, -0.2) is 9.37 Å². The number of carbonyl (C=O) groups excluding carboxylic acids is 2. The van der Waals surface area contributed by atoms with Gasteiger partial charge in [-0.15, -0.1) is 11.8 Å². The molecule has 5 rings (SSSR count). The molecule has 0 unspecified atom stereocenters. The molecule has 12 heteroatoms. The molecular weight excluding hydrogens is 485 g/mol. The van der Waals surface area contributed by atoms with E-state index in [1.165, 1.54) is 21.2 Å². The monoisotopic (exact) mass is 507 g/mol. The standard InChI is InChI=1S/C24H22FN7O3S/c1-13(2)30-11-16-22(24(30)35)31(12-20(33)28-19-7-4-14(25)9-27-19)21-8-18(29-32(21)23(16)34)17-6-5-15(36-3)10-26-17/h4-10,13H,11-12H2,1-3H3,(H,27,28,33). The molecule has 0 aromatic carbocycles. The molecule has 10 nitrogen and oxygen atoms in total. The predicted octanol–water partition coefficient (Wildman–Crippen LogP) is 2.82. The fraction of sp³-hybridized carbons (Fsp3) is 0.250. The number of thioether (sulfide) groups is 1. The van der Waals surface area contributed by atoms with Crippen LogP contribution in [-0.2, 0) is 17.9 Å². The van der Waals surface area contributed by atoms with E-state index in [0.717, 1.165) is 11.1 Å². The molecular formula is C24H22FN7O3S. The van der Waals surface area contributed by atoms with Crippen molar-refractivity contribution in [2.75, 3.05) is 11.6 Å². The van der Waals surface area contributed by atoms with Crippen molar-refractivity contribution in [2.24, 2.45) is 0 Å². The molecule has 0 radical (unpaired) electrons. The molecule has 0 saturated heterocycles. The van der Waals surface area contributed by atoms with E-state index in [1.54, 1.807) is 35.0 Å². The maximum absolute atomic E-state index is 13.4. The second kappa shape index (κ2) is 9.19. The van der Waals surface area contributed by atoms with E-state index >= 15 is 0 Å². The number of nitrogens with one attached hydrogen (secondary N) is 1. The van der Waals surface area contributed by atoms with Gasteiger partial charge >= 0.3 is 0 Å². The molecule has 184 valence electrons. The highest BCUT2D eigenvalue weighted by molar-refractivity contribution is 7.98. The Morgan fingerprint density at radius 3 is 2.58 bits per heavy atom. The van der Waals surface area contributed by atoms with Gasteiger partial charge in [-0.05, 0) is 44.4 Å². The Kier molecular flexibility index (Phi) is 6.04. The summed E-state index contributed by atoms with van der Waals surface area (Å²) in [5.41, 5.74) is 1.28. The summed E-state index contributed by atoms with van der Waals surface area (Å²) >= 11 is 1.55. The van der Waals surface area contributed by atoms with Crippen LogP contribution in [0.3, 0.4) is 0 Å². The third-order valence-corrected chi connectivity index (χ3v) is 6.63. The first-order valence-corrected chi connectivity index (χ1v) is 12.4. The minimum Gasteiger partial charge on any atom is -0.330 e. The Bertz CT molecular complexity index is 1550. The summed E-state index contributed by atoms with van der Waals surface area (Å²) in [5.74, 6) is -1.20. The molecule has 0 aliphatic carbocycles. The topological polar surface area (TPSA) is 114 Å². The van der Waals surface area contributed by atoms with Crippen LogP contribution in [0.2, 0.25) is 0 Å². The highest BCUT2D eigenvalue weighted by Gasteiger charge is 2.36. The number of nitrogens with zero attached hydrogens (tertiary/aromatic N) is 6. The molecule has 0 saturated carbocycles. The first-order valence-electron chi connectivity index (χ1n) is 11.1. The van der Waals surface area contributed by atoms with E-state index in [-0.39, 0.29) is 47.8 Å². The normalized spacial score (nSPS) is 13.0. The molecule has 1 aliphatic rings. The quantitative estimate of drug-likeness (QED) is 0.399. The minimum absolute atomic E-state index is 0.123. The molecule has 0 atom stereocenters. The molecule has 4 aromatic heterocycles. The van der Waals surface area contributed by atoms with Crippen LogP contribution in [0.1, 0.15) is 29.9 Å². The molecule has 1 N–H and O–H groups in total. The van der Waals surface area contributed by atoms with Crippen molar-refractivity contribution in [2.45, 2.75) is 37.9 Å². The lowest BCUT2D eigenvalue weighted by atomic mass is 10.2. The molecule has 2 amide bonds. The maximum atomic E-state index is 13.4. The summed E-state index contributed by atoms with van der Waals surface area (Å²) in [5, 5.41) is 7.07. The lowest BCUT2D eigenvalue weighted by Gasteiger charge is -2.20. The number of aromatic nitrogens is 5. The number of halogens is 1. The van der Waals surface area contributed by atoms with Crippen molar-refractivity contribution in [1.82, 2.24) is 29.0 Å². The Morgan fingerprint density at radius 2 is 1.94 bits per heavy atom. The third kappa shape index (κ3) is 4.13. The Balaban J connectivity index is 1.62. The first-order chi connectivity index (χ1) is 17.3.